The van der Waals surface area contributed by atoms with Gasteiger partial charge in [0.15, 0.2) is 5.78 Å². The van der Waals surface area contributed by atoms with E-state index in [1.807, 2.05) is 26.8 Å². The van der Waals surface area contributed by atoms with Gasteiger partial charge in [0, 0.05) is 6.42 Å². The smallest absolute Gasteiger partial charge is 0.408 e. The van der Waals surface area contributed by atoms with Crippen LogP contribution in [0.25, 0.3) is 0 Å². The second-order valence-electron chi connectivity index (χ2n) is 5.27. The van der Waals surface area contributed by atoms with Crippen LogP contribution in [0.1, 0.15) is 27.2 Å². The van der Waals surface area contributed by atoms with Crippen molar-refractivity contribution in [1.82, 2.24) is 4.90 Å². The molecule has 1 amide bonds. The van der Waals surface area contributed by atoms with Crippen LogP contribution in [0.2, 0.25) is 0 Å². The van der Waals surface area contributed by atoms with Crippen molar-refractivity contribution in [2.24, 2.45) is 5.41 Å². The highest BCUT2D eigenvalue weighted by Crippen LogP contribution is 2.49. The van der Waals surface area contributed by atoms with Crippen molar-refractivity contribution in [3.8, 4) is 0 Å². The molecule has 0 spiro atoms. The summed E-state index contributed by atoms with van der Waals surface area (Å²) in [4.78, 5) is 24.1. The Morgan fingerprint density at radius 3 is 2.53 bits per heavy atom. The molecule has 2 aliphatic heterocycles. The maximum absolute atomic E-state index is 11.6. The van der Waals surface area contributed by atoms with E-state index in [-0.39, 0.29) is 11.2 Å². The molecule has 0 aromatic heterocycles. The van der Waals surface area contributed by atoms with Gasteiger partial charge in [-0.05, 0) is 5.41 Å². The SMILES string of the molecule is CC(C)(C)C12C=CC(C(=O)C1)N2C(=O)O. The number of fused-ring (bicyclic) bond motifs is 2. The number of hydrogen-bond donors (Lipinski definition) is 1. The fraction of sp³-hybridized carbons (Fsp3) is 0.636. The fourth-order valence-corrected chi connectivity index (χ4v) is 2.60. The van der Waals surface area contributed by atoms with E-state index in [9.17, 15) is 14.7 Å². The number of amides is 1. The van der Waals surface area contributed by atoms with Gasteiger partial charge in [-0.25, -0.2) is 4.79 Å². The van der Waals surface area contributed by atoms with Crippen molar-refractivity contribution in [2.75, 3.05) is 0 Å². The standard InChI is InChI=1S/C11H15NO3/c1-10(2,3)11-5-4-7(8(13)6-11)12(11)9(14)15/h4-5,7H,6H2,1-3H3,(H,14,15). The van der Waals surface area contributed by atoms with Crippen LogP contribution in [0.15, 0.2) is 12.2 Å². The van der Waals surface area contributed by atoms with Gasteiger partial charge in [0.1, 0.15) is 6.04 Å². The summed E-state index contributed by atoms with van der Waals surface area (Å²) in [5.41, 5.74) is -0.899. The topological polar surface area (TPSA) is 57.6 Å². The van der Waals surface area contributed by atoms with Gasteiger partial charge in [0.25, 0.3) is 0 Å². The maximum Gasteiger partial charge on any atom is 0.408 e. The molecule has 4 heteroatoms. The molecule has 0 aromatic carbocycles. The van der Waals surface area contributed by atoms with Crippen molar-refractivity contribution in [1.29, 1.82) is 0 Å². The largest absolute Gasteiger partial charge is 0.465 e. The van der Waals surface area contributed by atoms with E-state index in [0.29, 0.717) is 6.42 Å². The highest BCUT2D eigenvalue weighted by Gasteiger charge is 2.60. The second kappa shape index (κ2) is 2.62. The molecule has 0 aromatic rings. The van der Waals surface area contributed by atoms with Crippen molar-refractivity contribution >= 4 is 11.9 Å². The number of hydrogen-bond acceptors (Lipinski definition) is 2. The summed E-state index contributed by atoms with van der Waals surface area (Å²) in [6.07, 6.45) is 2.90. The molecule has 2 aliphatic rings. The zero-order chi connectivity index (χ0) is 11.4. The normalized spacial score (nSPS) is 33.9. The van der Waals surface area contributed by atoms with Crippen LogP contribution in [0, 0.1) is 5.41 Å². The van der Waals surface area contributed by atoms with Crippen LogP contribution in [0.3, 0.4) is 0 Å². The van der Waals surface area contributed by atoms with Crippen LogP contribution in [0.5, 0.6) is 0 Å². The Kier molecular flexibility index (Phi) is 1.78. The van der Waals surface area contributed by atoms with Gasteiger partial charge in [0.2, 0.25) is 0 Å². The molecule has 15 heavy (non-hydrogen) atoms. The van der Waals surface area contributed by atoms with Crippen LogP contribution in [-0.4, -0.2) is 33.5 Å². The lowest BCUT2D eigenvalue weighted by Gasteiger charge is -2.42. The van der Waals surface area contributed by atoms with E-state index in [0.717, 1.165) is 0 Å². The minimum absolute atomic E-state index is 0.00910. The zero-order valence-corrected chi connectivity index (χ0v) is 9.15. The summed E-state index contributed by atoms with van der Waals surface area (Å²) in [5, 5.41) is 9.17. The molecule has 2 bridgehead atoms. The predicted molar refractivity (Wildman–Crippen MR) is 54.6 cm³/mol. The summed E-state index contributed by atoms with van der Waals surface area (Å²) >= 11 is 0. The third kappa shape index (κ3) is 1.07. The summed E-state index contributed by atoms with van der Waals surface area (Å²) in [6.45, 7) is 5.90. The number of carboxylic acid groups (broad SMARTS) is 1. The van der Waals surface area contributed by atoms with Gasteiger partial charge in [-0.3, -0.25) is 9.69 Å². The van der Waals surface area contributed by atoms with E-state index in [4.69, 9.17) is 0 Å². The highest BCUT2D eigenvalue weighted by atomic mass is 16.4. The number of carbonyl (C=O) groups excluding carboxylic acids is 1. The average Bonchev–Trinajstić information content (AvgIpc) is 2.55. The van der Waals surface area contributed by atoms with Crippen LogP contribution < -0.4 is 0 Å². The number of Topliss-reactive ketones (excluding diaryl/α,β-unsaturated/α-hetero) is 1. The summed E-state index contributed by atoms with van der Waals surface area (Å²) < 4.78 is 0. The summed E-state index contributed by atoms with van der Waals surface area (Å²) in [6, 6.07) is -0.554. The molecular weight excluding hydrogens is 194 g/mol. The Morgan fingerprint density at radius 2 is 2.20 bits per heavy atom. The molecule has 0 aliphatic carbocycles. The molecule has 1 saturated heterocycles. The minimum atomic E-state index is -1.01. The van der Waals surface area contributed by atoms with E-state index >= 15 is 0 Å². The first-order valence-electron chi connectivity index (χ1n) is 5.04. The van der Waals surface area contributed by atoms with Gasteiger partial charge < -0.3 is 5.11 Å². The predicted octanol–water partition coefficient (Wildman–Crippen LogP) is 1.66. The van der Waals surface area contributed by atoms with Crippen LogP contribution in [-0.2, 0) is 4.79 Å². The van der Waals surface area contributed by atoms with Crippen molar-refractivity contribution in [3.05, 3.63) is 12.2 Å². The van der Waals surface area contributed by atoms with Crippen molar-refractivity contribution < 1.29 is 14.7 Å². The van der Waals surface area contributed by atoms with Crippen molar-refractivity contribution in [2.45, 2.75) is 38.8 Å². The number of rotatable bonds is 0. The molecule has 2 atom stereocenters. The average molecular weight is 209 g/mol. The molecule has 4 nitrogen and oxygen atoms in total. The van der Waals surface area contributed by atoms with E-state index in [1.54, 1.807) is 6.08 Å². The number of nitrogens with zero attached hydrogens (tertiary/aromatic N) is 1. The highest BCUT2D eigenvalue weighted by molar-refractivity contribution is 5.96. The molecule has 2 rings (SSSR count). The van der Waals surface area contributed by atoms with E-state index in [1.165, 1.54) is 4.90 Å². The Bertz CT molecular complexity index is 367. The summed E-state index contributed by atoms with van der Waals surface area (Å²) in [7, 11) is 0. The maximum atomic E-state index is 11.6. The van der Waals surface area contributed by atoms with E-state index in [2.05, 4.69) is 0 Å². The lowest BCUT2D eigenvalue weighted by molar-refractivity contribution is -0.118. The van der Waals surface area contributed by atoms with Gasteiger partial charge in [-0.1, -0.05) is 32.9 Å². The number of carbonyl (C=O) groups is 2. The fourth-order valence-electron chi connectivity index (χ4n) is 2.60. The molecule has 2 heterocycles. The van der Waals surface area contributed by atoms with Gasteiger partial charge >= 0.3 is 6.09 Å². The van der Waals surface area contributed by atoms with Crippen LogP contribution in [0.4, 0.5) is 4.79 Å². The first-order valence-corrected chi connectivity index (χ1v) is 5.04. The van der Waals surface area contributed by atoms with Gasteiger partial charge in [0.05, 0.1) is 5.54 Å². The second-order valence-corrected chi connectivity index (χ2v) is 5.27. The Hall–Kier alpha value is -1.32. The Labute approximate surface area is 88.6 Å². The Balaban J connectivity index is 2.52. The lowest BCUT2D eigenvalue weighted by Crippen LogP contribution is -2.53. The quantitative estimate of drug-likeness (QED) is 0.617. The molecular formula is C11H15NO3. The van der Waals surface area contributed by atoms with E-state index < -0.39 is 17.7 Å². The lowest BCUT2D eigenvalue weighted by atomic mass is 9.71. The van der Waals surface area contributed by atoms with Crippen LogP contribution >= 0.6 is 0 Å². The Morgan fingerprint density at radius 1 is 1.60 bits per heavy atom. The molecule has 82 valence electrons. The molecule has 0 saturated carbocycles. The molecule has 1 N–H and O–H groups in total. The first kappa shape index (κ1) is 10.2. The van der Waals surface area contributed by atoms with Gasteiger partial charge in [-0.2, -0.15) is 0 Å². The summed E-state index contributed by atoms with van der Waals surface area (Å²) in [5.74, 6) is 0.00910. The zero-order valence-electron chi connectivity index (χ0n) is 9.15. The third-order valence-electron chi connectivity index (χ3n) is 3.54. The molecule has 2 unspecified atom stereocenters. The monoisotopic (exact) mass is 209 g/mol. The first-order chi connectivity index (χ1) is 6.79. The van der Waals surface area contributed by atoms with Gasteiger partial charge in [-0.15, -0.1) is 0 Å². The van der Waals surface area contributed by atoms with Crippen molar-refractivity contribution in [3.63, 3.8) is 0 Å². The minimum Gasteiger partial charge on any atom is -0.465 e. The molecule has 1 fully saturated rings. The molecule has 0 radical (unpaired) electrons. The number of ketones is 1. The third-order valence-corrected chi connectivity index (χ3v) is 3.54.